The zero-order valence-electron chi connectivity index (χ0n) is 14.3. The van der Waals surface area contributed by atoms with Crippen LogP contribution in [-0.2, 0) is 13.0 Å². The summed E-state index contributed by atoms with van der Waals surface area (Å²) in [5.74, 6) is 0.663. The van der Waals surface area contributed by atoms with Gasteiger partial charge in [0.2, 0.25) is 0 Å². The van der Waals surface area contributed by atoms with E-state index in [2.05, 4.69) is 20.6 Å². The molecule has 0 amide bonds. The second kappa shape index (κ2) is 11.6. The minimum Gasteiger partial charge on any atom is -0.357 e. The van der Waals surface area contributed by atoms with E-state index < -0.39 is 4.92 Å². The van der Waals surface area contributed by atoms with Crippen molar-refractivity contribution in [2.45, 2.75) is 19.9 Å². The third kappa shape index (κ3) is 7.52. The Hall–Kier alpha value is -1.94. The first-order valence-corrected chi connectivity index (χ1v) is 8.32. The van der Waals surface area contributed by atoms with Gasteiger partial charge >= 0.3 is 0 Å². The first-order valence-electron chi connectivity index (χ1n) is 7.94. The minimum atomic E-state index is -0.406. The van der Waals surface area contributed by atoms with Gasteiger partial charge in [-0.25, -0.2) is 9.98 Å². The van der Waals surface area contributed by atoms with Crippen LogP contribution in [0.1, 0.15) is 18.1 Å². The SMILES string of the molecule is CCNC(=NCc1cccc([N+](=O)[O-])c1)NCCc1ccc(Cl)nc1.I. The van der Waals surface area contributed by atoms with Crippen LogP contribution >= 0.6 is 35.6 Å². The van der Waals surface area contributed by atoms with Gasteiger partial charge in [0.05, 0.1) is 11.5 Å². The van der Waals surface area contributed by atoms with Crippen molar-refractivity contribution < 1.29 is 4.92 Å². The van der Waals surface area contributed by atoms with Gasteiger partial charge in [0.25, 0.3) is 5.69 Å². The molecule has 1 aromatic carbocycles. The van der Waals surface area contributed by atoms with Gasteiger partial charge in [-0.2, -0.15) is 0 Å². The highest BCUT2D eigenvalue weighted by Crippen LogP contribution is 2.13. The summed E-state index contributed by atoms with van der Waals surface area (Å²) in [6, 6.07) is 10.2. The largest absolute Gasteiger partial charge is 0.357 e. The maximum Gasteiger partial charge on any atom is 0.269 e. The number of halogens is 2. The summed E-state index contributed by atoms with van der Waals surface area (Å²) in [5, 5.41) is 17.7. The molecule has 0 bridgehead atoms. The van der Waals surface area contributed by atoms with Crippen LogP contribution in [0.3, 0.4) is 0 Å². The fourth-order valence-electron chi connectivity index (χ4n) is 2.16. The molecule has 2 rings (SSSR count). The molecule has 0 aliphatic heterocycles. The fraction of sp³-hybridized carbons (Fsp3) is 0.294. The number of nitrogens with one attached hydrogen (secondary N) is 2. The lowest BCUT2D eigenvalue weighted by molar-refractivity contribution is -0.384. The van der Waals surface area contributed by atoms with Gasteiger partial charge in [0.15, 0.2) is 5.96 Å². The van der Waals surface area contributed by atoms with Crippen LogP contribution in [0, 0.1) is 10.1 Å². The van der Waals surface area contributed by atoms with Crippen LogP contribution in [0.25, 0.3) is 0 Å². The zero-order chi connectivity index (χ0) is 18.1. The lowest BCUT2D eigenvalue weighted by Crippen LogP contribution is -2.38. The molecule has 2 N–H and O–H groups in total. The van der Waals surface area contributed by atoms with Crippen LogP contribution in [0.2, 0.25) is 5.15 Å². The maximum absolute atomic E-state index is 10.8. The zero-order valence-corrected chi connectivity index (χ0v) is 17.4. The van der Waals surface area contributed by atoms with Crippen LogP contribution in [0.15, 0.2) is 47.6 Å². The van der Waals surface area contributed by atoms with E-state index >= 15 is 0 Å². The number of pyridine rings is 1. The summed E-state index contributed by atoms with van der Waals surface area (Å²) in [6.07, 6.45) is 2.53. The molecule has 7 nitrogen and oxygen atoms in total. The highest BCUT2D eigenvalue weighted by molar-refractivity contribution is 14.0. The third-order valence-corrected chi connectivity index (χ3v) is 3.60. The van der Waals surface area contributed by atoms with E-state index in [1.54, 1.807) is 18.3 Å². The molecule has 140 valence electrons. The monoisotopic (exact) mass is 489 g/mol. The predicted molar refractivity (Wildman–Crippen MR) is 114 cm³/mol. The number of non-ortho nitro benzene ring substituents is 1. The Kier molecular flexibility index (Phi) is 9.89. The second-order valence-corrected chi connectivity index (χ2v) is 5.68. The van der Waals surface area contributed by atoms with Gasteiger partial charge in [-0.3, -0.25) is 10.1 Å². The van der Waals surface area contributed by atoms with Crippen molar-refractivity contribution in [3.63, 3.8) is 0 Å². The molecule has 0 aliphatic rings. The molecule has 0 atom stereocenters. The highest BCUT2D eigenvalue weighted by atomic mass is 127. The Morgan fingerprint density at radius 3 is 2.73 bits per heavy atom. The topological polar surface area (TPSA) is 92.5 Å². The number of aliphatic imine (C=N–C) groups is 1. The molecular formula is C17H21ClIN5O2. The number of hydrogen-bond donors (Lipinski definition) is 2. The quantitative estimate of drug-likeness (QED) is 0.155. The summed E-state index contributed by atoms with van der Waals surface area (Å²) in [5.41, 5.74) is 1.93. The Morgan fingerprint density at radius 1 is 1.27 bits per heavy atom. The summed E-state index contributed by atoms with van der Waals surface area (Å²) >= 11 is 5.77. The van der Waals surface area contributed by atoms with Crippen molar-refractivity contribution in [2.75, 3.05) is 13.1 Å². The summed E-state index contributed by atoms with van der Waals surface area (Å²) in [6.45, 7) is 3.75. The van der Waals surface area contributed by atoms with E-state index in [-0.39, 0.29) is 29.7 Å². The highest BCUT2D eigenvalue weighted by Gasteiger charge is 2.05. The van der Waals surface area contributed by atoms with E-state index in [4.69, 9.17) is 11.6 Å². The van der Waals surface area contributed by atoms with Gasteiger partial charge < -0.3 is 10.6 Å². The molecule has 0 aliphatic carbocycles. The number of hydrogen-bond acceptors (Lipinski definition) is 4. The molecule has 0 spiro atoms. The van der Waals surface area contributed by atoms with Gasteiger partial charge in [-0.1, -0.05) is 29.8 Å². The van der Waals surface area contributed by atoms with E-state index in [0.29, 0.717) is 24.2 Å². The summed E-state index contributed by atoms with van der Waals surface area (Å²) in [4.78, 5) is 18.9. The predicted octanol–water partition coefficient (Wildman–Crippen LogP) is 3.56. The normalized spacial score (nSPS) is 10.8. The van der Waals surface area contributed by atoms with Crippen LogP contribution < -0.4 is 10.6 Å². The average molecular weight is 490 g/mol. The molecule has 0 saturated heterocycles. The van der Waals surface area contributed by atoms with Gasteiger partial charge in [-0.05, 0) is 30.5 Å². The number of nitro benzene ring substituents is 1. The maximum atomic E-state index is 10.8. The molecular weight excluding hydrogens is 469 g/mol. The minimum absolute atomic E-state index is 0. The fourth-order valence-corrected chi connectivity index (χ4v) is 2.27. The van der Waals surface area contributed by atoms with Crippen LogP contribution in [0.4, 0.5) is 5.69 Å². The Bertz CT molecular complexity index is 740. The Labute approximate surface area is 174 Å². The van der Waals surface area contributed by atoms with Crippen molar-refractivity contribution in [1.82, 2.24) is 15.6 Å². The van der Waals surface area contributed by atoms with Crippen molar-refractivity contribution in [2.24, 2.45) is 4.99 Å². The average Bonchev–Trinajstić information content (AvgIpc) is 2.61. The van der Waals surface area contributed by atoms with Crippen molar-refractivity contribution >= 4 is 47.2 Å². The van der Waals surface area contributed by atoms with E-state index in [9.17, 15) is 10.1 Å². The van der Waals surface area contributed by atoms with E-state index in [1.807, 2.05) is 19.1 Å². The van der Waals surface area contributed by atoms with Gasteiger partial charge in [-0.15, -0.1) is 24.0 Å². The molecule has 0 radical (unpaired) electrons. The van der Waals surface area contributed by atoms with Gasteiger partial charge in [0.1, 0.15) is 5.15 Å². The Balaban J connectivity index is 0.00000338. The van der Waals surface area contributed by atoms with Gasteiger partial charge in [0, 0.05) is 31.4 Å². The lowest BCUT2D eigenvalue weighted by Gasteiger charge is -2.11. The molecule has 0 fully saturated rings. The number of aromatic nitrogens is 1. The van der Waals surface area contributed by atoms with Crippen LogP contribution in [-0.4, -0.2) is 29.0 Å². The number of guanidine groups is 1. The summed E-state index contributed by atoms with van der Waals surface area (Å²) in [7, 11) is 0. The smallest absolute Gasteiger partial charge is 0.269 e. The molecule has 0 saturated carbocycles. The van der Waals surface area contributed by atoms with Crippen molar-refractivity contribution in [3.8, 4) is 0 Å². The third-order valence-electron chi connectivity index (χ3n) is 3.38. The van der Waals surface area contributed by atoms with Crippen molar-refractivity contribution in [3.05, 3.63) is 69.0 Å². The molecule has 2 aromatic rings. The molecule has 9 heteroatoms. The first-order chi connectivity index (χ1) is 12.1. The molecule has 0 unspecified atom stereocenters. The summed E-state index contributed by atoms with van der Waals surface area (Å²) < 4.78 is 0. The second-order valence-electron chi connectivity index (χ2n) is 5.29. The first kappa shape index (κ1) is 22.1. The Morgan fingerprint density at radius 2 is 2.08 bits per heavy atom. The van der Waals surface area contributed by atoms with E-state index in [0.717, 1.165) is 24.1 Å². The number of benzene rings is 1. The molecule has 1 aromatic heterocycles. The van der Waals surface area contributed by atoms with Crippen molar-refractivity contribution in [1.29, 1.82) is 0 Å². The molecule has 1 heterocycles. The number of nitro groups is 1. The van der Waals surface area contributed by atoms with E-state index in [1.165, 1.54) is 12.1 Å². The standard InChI is InChI=1S/C17H20ClN5O2.HI/c1-2-19-17(20-9-8-13-6-7-16(18)21-11-13)22-12-14-4-3-5-15(10-14)23(24)25;/h3-7,10-11H,2,8-9,12H2,1H3,(H2,19,20,22);1H. The number of nitrogens with zero attached hydrogens (tertiary/aromatic N) is 3. The lowest BCUT2D eigenvalue weighted by atomic mass is 10.2. The number of rotatable bonds is 7. The van der Waals surface area contributed by atoms with Crippen LogP contribution in [0.5, 0.6) is 0 Å². The molecule has 26 heavy (non-hydrogen) atoms.